The molecule has 2 rings (SSSR count). The van der Waals surface area contributed by atoms with Gasteiger partial charge in [-0.15, -0.1) is 0 Å². The lowest BCUT2D eigenvalue weighted by molar-refractivity contribution is 0.0821. The van der Waals surface area contributed by atoms with Gasteiger partial charge in [0.2, 0.25) is 0 Å². The highest BCUT2D eigenvalue weighted by molar-refractivity contribution is 5.04. The fourth-order valence-corrected chi connectivity index (χ4v) is 2.89. The Kier molecular flexibility index (Phi) is 5.34. The molecule has 0 aliphatic carbocycles. The van der Waals surface area contributed by atoms with E-state index in [-0.39, 0.29) is 0 Å². The van der Waals surface area contributed by atoms with E-state index in [9.17, 15) is 0 Å². The molecule has 1 fully saturated rings. The van der Waals surface area contributed by atoms with Crippen molar-refractivity contribution in [1.29, 1.82) is 0 Å². The van der Waals surface area contributed by atoms with E-state index < -0.39 is 0 Å². The lowest BCUT2D eigenvalue weighted by Crippen LogP contribution is -2.57. The first-order valence-corrected chi connectivity index (χ1v) is 7.61. The molecule has 1 aliphatic rings. The van der Waals surface area contributed by atoms with Crippen molar-refractivity contribution in [3.05, 3.63) is 30.1 Å². The van der Waals surface area contributed by atoms with Crippen LogP contribution in [0.4, 0.5) is 0 Å². The van der Waals surface area contributed by atoms with E-state index in [2.05, 4.69) is 48.1 Å². The van der Waals surface area contributed by atoms with Gasteiger partial charge in [-0.05, 0) is 24.5 Å². The molecule has 2 heterocycles. The summed E-state index contributed by atoms with van der Waals surface area (Å²) in [5, 5.41) is 3.69. The van der Waals surface area contributed by atoms with E-state index in [1.165, 1.54) is 18.5 Å². The number of nitrogens with one attached hydrogen (secondary N) is 1. The van der Waals surface area contributed by atoms with Crippen LogP contribution >= 0.6 is 0 Å². The lowest BCUT2D eigenvalue weighted by Gasteiger charge is -2.42. The summed E-state index contributed by atoms with van der Waals surface area (Å²) in [6.07, 6.45) is 4.33. The highest BCUT2D eigenvalue weighted by Crippen LogP contribution is 2.20. The number of hydrogen-bond acceptors (Lipinski definition) is 3. The van der Waals surface area contributed by atoms with Crippen LogP contribution < -0.4 is 5.32 Å². The Morgan fingerprint density at radius 1 is 1.42 bits per heavy atom. The second-order valence-corrected chi connectivity index (χ2v) is 5.72. The minimum Gasteiger partial charge on any atom is -0.311 e. The van der Waals surface area contributed by atoms with E-state index in [4.69, 9.17) is 0 Å². The average Bonchev–Trinajstić information content (AvgIpc) is 2.47. The molecule has 19 heavy (non-hydrogen) atoms. The van der Waals surface area contributed by atoms with Gasteiger partial charge < -0.3 is 5.32 Å². The van der Waals surface area contributed by atoms with Crippen molar-refractivity contribution in [3.63, 3.8) is 0 Å². The third kappa shape index (κ3) is 3.77. The molecule has 3 nitrogen and oxygen atoms in total. The van der Waals surface area contributed by atoms with Crippen molar-refractivity contribution in [2.45, 2.75) is 52.2 Å². The predicted molar refractivity (Wildman–Crippen MR) is 80.0 cm³/mol. The standard InChI is InChI=1S/C16H27N3/c1-4-13(3)16-10-18-14(5-2)11-19(16)12-15-8-6-7-9-17-15/h6-9,13-14,16,18H,4-5,10-12H2,1-3H3. The summed E-state index contributed by atoms with van der Waals surface area (Å²) in [7, 11) is 0. The molecule has 0 saturated carbocycles. The fraction of sp³-hybridized carbons (Fsp3) is 0.688. The number of hydrogen-bond donors (Lipinski definition) is 1. The van der Waals surface area contributed by atoms with Crippen LogP contribution in [0, 0.1) is 5.92 Å². The number of pyridine rings is 1. The molecule has 0 spiro atoms. The SMILES string of the molecule is CCC1CN(Cc2ccccn2)C(C(C)CC)CN1. The Morgan fingerprint density at radius 2 is 2.26 bits per heavy atom. The first-order valence-electron chi connectivity index (χ1n) is 7.61. The van der Waals surface area contributed by atoms with Crippen LogP contribution in [0.3, 0.4) is 0 Å². The highest BCUT2D eigenvalue weighted by Gasteiger charge is 2.30. The van der Waals surface area contributed by atoms with Gasteiger partial charge in [-0.25, -0.2) is 0 Å². The van der Waals surface area contributed by atoms with Crippen molar-refractivity contribution >= 4 is 0 Å². The third-order valence-electron chi connectivity index (χ3n) is 4.42. The van der Waals surface area contributed by atoms with Gasteiger partial charge in [0.05, 0.1) is 5.69 Å². The maximum Gasteiger partial charge on any atom is 0.0544 e. The molecule has 0 aromatic carbocycles. The van der Waals surface area contributed by atoms with Crippen LogP contribution in [-0.2, 0) is 6.54 Å². The molecule has 0 radical (unpaired) electrons. The van der Waals surface area contributed by atoms with E-state index in [0.717, 1.165) is 25.6 Å². The van der Waals surface area contributed by atoms with Crippen molar-refractivity contribution in [2.24, 2.45) is 5.92 Å². The maximum atomic E-state index is 4.48. The molecule has 1 aromatic rings. The van der Waals surface area contributed by atoms with Gasteiger partial charge in [0.25, 0.3) is 0 Å². The molecular weight excluding hydrogens is 234 g/mol. The molecule has 3 heteroatoms. The highest BCUT2D eigenvalue weighted by atomic mass is 15.2. The summed E-state index contributed by atoms with van der Waals surface area (Å²) < 4.78 is 0. The quantitative estimate of drug-likeness (QED) is 0.883. The summed E-state index contributed by atoms with van der Waals surface area (Å²) in [5.41, 5.74) is 1.19. The van der Waals surface area contributed by atoms with Crippen molar-refractivity contribution in [1.82, 2.24) is 15.2 Å². The van der Waals surface area contributed by atoms with Gasteiger partial charge in [0.15, 0.2) is 0 Å². The maximum absolute atomic E-state index is 4.48. The van der Waals surface area contributed by atoms with Crippen LogP contribution in [-0.4, -0.2) is 35.1 Å². The summed E-state index contributed by atoms with van der Waals surface area (Å²) in [6.45, 7) is 10.1. The van der Waals surface area contributed by atoms with Crippen molar-refractivity contribution in [3.8, 4) is 0 Å². The monoisotopic (exact) mass is 261 g/mol. The zero-order chi connectivity index (χ0) is 13.7. The second-order valence-electron chi connectivity index (χ2n) is 5.72. The number of aromatic nitrogens is 1. The van der Waals surface area contributed by atoms with E-state index in [1.54, 1.807) is 0 Å². The van der Waals surface area contributed by atoms with Crippen LogP contribution in [0.15, 0.2) is 24.4 Å². The Bertz CT molecular complexity index is 366. The average molecular weight is 261 g/mol. The lowest BCUT2D eigenvalue weighted by atomic mass is 9.94. The number of piperazine rings is 1. The first-order chi connectivity index (χ1) is 9.24. The topological polar surface area (TPSA) is 28.2 Å². The van der Waals surface area contributed by atoms with Gasteiger partial charge >= 0.3 is 0 Å². The smallest absolute Gasteiger partial charge is 0.0544 e. The van der Waals surface area contributed by atoms with Gasteiger partial charge in [-0.1, -0.05) is 33.3 Å². The Morgan fingerprint density at radius 3 is 2.89 bits per heavy atom. The summed E-state index contributed by atoms with van der Waals surface area (Å²) in [5.74, 6) is 0.731. The van der Waals surface area contributed by atoms with Crippen LogP contribution in [0.5, 0.6) is 0 Å². The van der Waals surface area contributed by atoms with E-state index in [0.29, 0.717) is 12.1 Å². The molecule has 0 bridgehead atoms. The fourth-order valence-electron chi connectivity index (χ4n) is 2.89. The normalized spacial score (nSPS) is 26.3. The molecule has 1 saturated heterocycles. The van der Waals surface area contributed by atoms with Gasteiger partial charge in [0, 0.05) is 37.9 Å². The first kappa shape index (κ1) is 14.5. The minimum absolute atomic E-state index is 0.629. The van der Waals surface area contributed by atoms with Crippen LogP contribution in [0.1, 0.15) is 39.3 Å². The molecule has 106 valence electrons. The van der Waals surface area contributed by atoms with Gasteiger partial charge in [-0.2, -0.15) is 0 Å². The largest absolute Gasteiger partial charge is 0.311 e. The Labute approximate surface area is 117 Å². The Balaban J connectivity index is 2.06. The summed E-state index contributed by atoms with van der Waals surface area (Å²) in [4.78, 5) is 7.11. The number of nitrogens with zero attached hydrogens (tertiary/aromatic N) is 2. The third-order valence-corrected chi connectivity index (χ3v) is 4.42. The molecule has 0 amide bonds. The van der Waals surface area contributed by atoms with Crippen LogP contribution in [0.2, 0.25) is 0 Å². The van der Waals surface area contributed by atoms with Crippen LogP contribution in [0.25, 0.3) is 0 Å². The van der Waals surface area contributed by atoms with Crippen molar-refractivity contribution < 1.29 is 0 Å². The Hall–Kier alpha value is -0.930. The molecule has 1 aromatic heterocycles. The minimum atomic E-state index is 0.629. The number of rotatable bonds is 5. The van der Waals surface area contributed by atoms with Gasteiger partial charge in [0.1, 0.15) is 0 Å². The molecule has 3 unspecified atom stereocenters. The molecular formula is C16H27N3. The zero-order valence-corrected chi connectivity index (χ0v) is 12.5. The molecule has 3 atom stereocenters. The van der Waals surface area contributed by atoms with E-state index in [1.807, 2.05) is 12.3 Å². The summed E-state index contributed by atoms with van der Waals surface area (Å²) >= 11 is 0. The predicted octanol–water partition coefficient (Wildman–Crippen LogP) is 2.68. The summed E-state index contributed by atoms with van der Waals surface area (Å²) in [6, 6.07) is 7.47. The second kappa shape index (κ2) is 7.01. The van der Waals surface area contributed by atoms with Crippen molar-refractivity contribution in [2.75, 3.05) is 13.1 Å². The molecule has 1 N–H and O–H groups in total. The van der Waals surface area contributed by atoms with E-state index >= 15 is 0 Å². The van der Waals surface area contributed by atoms with Gasteiger partial charge in [-0.3, -0.25) is 9.88 Å². The molecule has 1 aliphatic heterocycles. The zero-order valence-electron chi connectivity index (χ0n) is 12.5.